The minimum absolute atomic E-state index is 0.221. The van der Waals surface area contributed by atoms with Crippen molar-refractivity contribution in [1.82, 2.24) is 4.57 Å². The van der Waals surface area contributed by atoms with Gasteiger partial charge in [0, 0.05) is 24.1 Å². The summed E-state index contributed by atoms with van der Waals surface area (Å²) in [5.74, 6) is 2.17. The lowest BCUT2D eigenvalue weighted by Crippen LogP contribution is -2.16. The largest absolute Gasteiger partial charge is 0.486 e. The topological polar surface area (TPSA) is 52.8 Å². The van der Waals surface area contributed by atoms with Crippen LogP contribution in [-0.4, -0.2) is 29.4 Å². The summed E-state index contributed by atoms with van der Waals surface area (Å²) in [6.45, 7) is 3.17. The smallest absolute Gasteiger partial charge is 0.280 e. The minimum Gasteiger partial charge on any atom is -0.486 e. The summed E-state index contributed by atoms with van der Waals surface area (Å²) in [5, 5.41) is 0. The maximum absolute atomic E-state index is 12.8. The van der Waals surface area contributed by atoms with Crippen LogP contribution >= 0.6 is 23.1 Å². The summed E-state index contributed by atoms with van der Waals surface area (Å²) in [6.07, 6.45) is 0. The van der Waals surface area contributed by atoms with Crippen LogP contribution in [0, 0.1) is 0 Å². The Balaban J connectivity index is 1.79. The number of aromatic nitrogens is 1. The van der Waals surface area contributed by atoms with Crippen LogP contribution in [0.1, 0.15) is 17.3 Å². The molecule has 5 nitrogen and oxygen atoms in total. The number of aryl methyl sites for hydroxylation is 1. The Bertz CT molecular complexity index is 1050. The van der Waals surface area contributed by atoms with Crippen molar-refractivity contribution in [3.05, 3.63) is 46.8 Å². The highest BCUT2D eigenvalue weighted by Gasteiger charge is 2.16. The molecule has 0 atom stereocenters. The van der Waals surface area contributed by atoms with Crippen molar-refractivity contribution >= 4 is 39.2 Å². The van der Waals surface area contributed by atoms with Crippen LogP contribution in [0.5, 0.6) is 11.5 Å². The average molecular weight is 386 g/mol. The zero-order valence-electron chi connectivity index (χ0n) is 14.5. The van der Waals surface area contributed by atoms with E-state index in [9.17, 15) is 4.79 Å². The van der Waals surface area contributed by atoms with E-state index in [2.05, 4.69) is 11.9 Å². The number of fused-ring (bicyclic) bond motifs is 2. The lowest BCUT2D eigenvalue weighted by Gasteiger charge is -2.18. The summed E-state index contributed by atoms with van der Waals surface area (Å²) in [6, 6.07) is 11.5. The molecule has 0 aliphatic carbocycles. The average Bonchev–Trinajstić information content (AvgIpc) is 2.95. The van der Waals surface area contributed by atoms with Crippen LogP contribution < -0.4 is 14.3 Å². The van der Waals surface area contributed by atoms with Gasteiger partial charge >= 0.3 is 0 Å². The van der Waals surface area contributed by atoms with Crippen molar-refractivity contribution in [3.8, 4) is 11.5 Å². The van der Waals surface area contributed by atoms with E-state index in [4.69, 9.17) is 9.47 Å². The molecule has 2 aromatic carbocycles. The lowest BCUT2D eigenvalue weighted by atomic mass is 10.2. The molecule has 0 radical (unpaired) electrons. The highest BCUT2D eigenvalue weighted by atomic mass is 32.2. The van der Waals surface area contributed by atoms with Crippen molar-refractivity contribution in [2.75, 3.05) is 19.0 Å². The highest BCUT2D eigenvalue weighted by Crippen LogP contribution is 2.35. The van der Waals surface area contributed by atoms with Gasteiger partial charge in [-0.2, -0.15) is 4.99 Å². The van der Waals surface area contributed by atoms with Gasteiger partial charge < -0.3 is 14.0 Å². The molecular formula is C19H18N2O3S2. The van der Waals surface area contributed by atoms with E-state index in [1.165, 1.54) is 11.3 Å². The highest BCUT2D eigenvalue weighted by molar-refractivity contribution is 7.99. The molecule has 0 spiro atoms. The number of carbonyl (C=O) groups is 1. The number of thioether (sulfide) groups is 1. The number of benzene rings is 2. The number of nitrogens with zero attached hydrogens (tertiary/aromatic N) is 2. The summed E-state index contributed by atoms with van der Waals surface area (Å²) in [4.78, 5) is 18.8. The molecule has 1 aliphatic heterocycles. The molecule has 0 fully saturated rings. The third-order valence-electron chi connectivity index (χ3n) is 4.09. The Hall–Kier alpha value is -2.25. The first kappa shape index (κ1) is 17.2. The number of carbonyl (C=O) groups excluding carboxylic acids is 1. The molecule has 3 aromatic rings. The van der Waals surface area contributed by atoms with Gasteiger partial charge in [-0.05, 0) is 17.9 Å². The van der Waals surface area contributed by atoms with Gasteiger partial charge in [-0.3, -0.25) is 4.79 Å². The van der Waals surface area contributed by atoms with E-state index >= 15 is 0 Å². The maximum Gasteiger partial charge on any atom is 0.280 e. The fourth-order valence-corrected chi connectivity index (χ4v) is 4.67. The summed E-state index contributed by atoms with van der Waals surface area (Å²) in [5.41, 5.74) is 1.62. The standard InChI is InChI=1S/C19H18N2O3S2/c1-3-25-16-7-5-4-6-12(16)18(22)20-19-21(2)13-10-14-15(11-17(13)26-19)24-9-8-23-14/h4-7,10-11H,3,8-9H2,1-2H3. The second kappa shape index (κ2) is 7.17. The molecule has 4 rings (SSSR count). The molecule has 1 aromatic heterocycles. The first-order chi connectivity index (χ1) is 12.7. The van der Waals surface area contributed by atoms with E-state index in [0.29, 0.717) is 23.6 Å². The van der Waals surface area contributed by atoms with E-state index in [-0.39, 0.29) is 5.91 Å². The van der Waals surface area contributed by atoms with Gasteiger partial charge in [0.15, 0.2) is 16.3 Å². The van der Waals surface area contributed by atoms with Crippen LogP contribution in [0.25, 0.3) is 10.2 Å². The molecule has 0 unspecified atom stereocenters. The lowest BCUT2D eigenvalue weighted by molar-refractivity contribution is 0.0995. The molecule has 7 heteroatoms. The van der Waals surface area contributed by atoms with Crippen molar-refractivity contribution in [2.24, 2.45) is 12.0 Å². The molecule has 26 heavy (non-hydrogen) atoms. The molecule has 2 heterocycles. The van der Waals surface area contributed by atoms with E-state index in [0.717, 1.165) is 32.4 Å². The number of hydrogen-bond donors (Lipinski definition) is 0. The van der Waals surface area contributed by atoms with Crippen molar-refractivity contribution < 1.29 is 14.3 Å². The number of amides is 1. The van der Waals surface area contributed by atoms with Gasteiger partial charge in [0.2, 0.25) is 0 Å². The third kappa shape index (κ3) is 3.12. The molecule has 1 amide bonds. The molecular weight excluding hydrogens is 368 g/mol. The monoisotopic (exact) mass is 386 g/mol. The molecule has 1 aliphatic rings. The molecule has 0 saturated heterocycles. The quantitative estimate of drug-likeness (QED) is 0.642. The second-order valence-corrected chi connectivity index (χ2v) is 8.07. The molecule has 134 valence electrons. The second-order valence-electron chi connectivity index (χ2n) is 5.75. The first-order valence-electron chi connectivity index (χ1n) is 8.37. The third-order valence-corrected chi connectivity index (χ3v) is 6.14. The normalized spacial score (nSPS) is 14.0. The molecule has 0 saturated carbocycles. The van der Waals surface area contributed by atoms with Crippen molar-refractivity contribution in [3.63, 3.8) is 0 Å². The number of hydrogen-bond acceptors (Lipinski definition) is 5. The zero-order valence-corrected chi connectivity index (χ0v) is 16.2. The van der Waals surface area contributed by atoms with Gasteiger partial charge in [-0.25, -0.2) is 0 Å². The van der Waals surface area contributed by atoms with Crippen LogP contribution in [0.15, 0.2) is 46.3 Å². The maximum atomic E-state index is 12.8. The fraction of sp³-hybridized carbons (Fsp3) is 0.263. The van der Waals surface area contributed by atoms with Gasteiger partial charge in [-0.1, -0.05) is 30.4 Å². The Kier molecular flexibility index (Phi) is 4.74. The van der Waals surface area contributed by atoms with Crippen LogP contribution in [-0.2, 0) is 7.05 Å². The van der Waals surface area contributed by atoms with E-state index in [1.54, 1.807) is 11.8 Å². The number of ether oxygens (including phenoxy) is 2. The Morgan fingerprint density at radius 2 is 1.96 bits per heavy atom. The predicted octanol–water partition coefficient (Wildman–Crippen LogP) is 3.86. The Morgan fingerprint density at radius 3 is 2.73 bits per heavy atom. The van der Waals surface area contributed by atoms with Gasteiger partial charge in [0.1, 0.15) is 13.2 Å². The SMILES string of the molecule is CCSc1ccccc1C(=O)N=c1sc2cc3c(cc2n1C)OCCO3. The van der Waals surface area contributed by atoms with Crippen LogP contribution in [0.3, 0.4) is 0 Å². The van der Waals surface area contributed by atoms with E-state index in [1.807, 2.05) is 48.0 Å². The van der Waals surface area contributed by atoms with E-state index < -0.39 is 0 Å². The van der Waals surface area contributed by atoms with Gasteiger partial charge in [-0.15, -0.1) is 11.8 Å². The number of thiazole rings is 1. The summed E-state index contributed by atoms with van der Waals surface area (Å²) in [7, 11) is 1.91. The zero-order chi connectivity index (χ0) is 18.1. The van der Waals surface area contributed by atoms with Crippen molar-refractivity contribution in [1.29, 1.82) is 0 Å². The molecule has 0 bridgehead atoms. The molecule has 0 N–H and O–H groups in total. The van der Waals surface area contributed by atoms with Crippen LogP contribution in [0.4, 0.5) is 0 Å². The number of rotatable bonds is 3. The minimum atomic E-state index is -0.221. The van der Waals surface area contributed by atoms with Crippen molar-refractivity contribution in [2.45, 2.75) is 11.8 Å². The van der Waals surface area contributed by atoms with Gasteiger partial charge in [0.25, 0.3) is 5.91 Å². The Morgan fingerprint density at radius 1 is 1.23 bits per heavy atom. The fourth-order valence-electron chi connectivity index (χ4n) is 2.84. The Labute approximate surface area is 159 Å². The predicted molar refractivity (Wildman–Crippen MR) is 105 cm³/mol. The van der Waals surface area contributed by atoms with Gasteiger partial charge in [0.05, 0.1) is 15.8 Å². The summed E-state index contributed by atoms with van der Waals surface area (Å²) < 4.78 is 14.2. The first-order valence-corrected chi connectivity index (χ1v) is 10.2. The summed E-state index contributed by atoms with van der Waals surface area (Å²) >= 11 is 3.12. The van der Waals surface area contributed by atoms with Crippen LogP contribution in [0.2, 0.25) is 0 Å².